The van der Waals surface area contributed by atoms with Gasteiger partial charge in [-0.25, -0.2) is 15.0 Å². The fourth-order valence-corrected chi connectivity index (χ4v) is 1.29. The predicted molar refractivity (Wildman–Crippen MR) is 63.9 cm³/mol. The van der Waals surface area contributed by atoms with E-state index in [9.17, 15) is 4.79 Å². The van der Waals surface area contributed by atoms with Crippen LogP contribution in [0, 0.1) is 11.3 Å². The van der Waals surface area contributed by atoms with Gasteiger partial charge in [-0.1, -0.05) is 33.1 Å². The van der Waals surface area contributed by atoms with E-state index in [1.807, 2.05) is 13.8 Å². The molecule has 1 N–H and O–H groups in total. The van der Waals surface area contributed by atoms with Crippen LogP contribution in [0.15, 0.2) is 4.99 Å². The molecule has 0 amide bonds. The Morgan fingerprint density at radius 3 is 2.12 bits per heavy atom. The lowest BCUT2D eigenvalue weighted by atomic mass is 9.96. The van der Waals surface area contributed by atoms with Crippen LogP contribution in [-0.4, -0.2) is 17.7 Å². The highest BCUT2D eigenvalue weighted by atomic mass is 16.1. The topological polar surface area (TPSA) is 70.3 Å². The Kier molecular flexibility index (Phi) is 11.0. The third-order valence-corrected chi connectivity index (χ3v) is 2.17. The van der Waals surface area contributed by atoms with Gasteiger partial charge < -0.3 is 0 Å². The van der Waals surface area contributed by atoms with Gasteiger partial charge in [-0.2, -0.15) is 4.99 Å². The Bertz CT molecular complexity index is 248. The second-order valence-corrected chi connectivity index (χ2v) is 4.76. The van der Waals surface area contributed by atoms with Crippen LogP contribution in [0.5, 0.6) is 0 Å². The molecule has 0 saturated heterocycles. The van der Waals surface area contributed by atoms with E-state index in [1.54, 1.807) is 6.08 Å². The first-order chi connectivity index (χ1) is 7.39. The molecular weight excluding hydrogens is 204 g/mol. The van der Waals surface area contributed by atoms with Crippen molar-refractivity contribution < 1.29 is 9.59 Å². The molecule has 0 aliphatic carbocycles. The van der Waals surface area contributed by atoms with Crippen LogP contribution in [0.3, 0.4) is 0 Å². The maximum Gasteiger partial charge on any atom is 0.235 e. The van der Waals surface area contributed by atoms with Crippen LogP contribution in [0.25, 0.3) is 0 Å². The second-order valence-electron chi connectivity index (χ2n) is 4.76. The van der Waals surface area contributed by atoms with Crippen LogP contribution in [0.2, 0.25) is 0 Å². The van der Waals surface area contributed by atoms with Gasteiger partial charge in [0.2, 0.25) is 12.2 Å². The lowest BCUT2D eigenvalue weighted by Crippen LogP contribution is -2.15. The third-order valence-electron chi connectivity index (χ3n) is 2.17. The smallest absolute Gasteiger partial charge is 0.222 e. The standard InChI is InChI=1S/C11H21NO.CHNO/c1-10(2)7-5-6-8-11(3,4)12-9-13;2-1-3/h10H,5-8H2,1-4H3;2H. The maximum absolute atomic E-state index is 10.1. The molecule has 0 aromatic carbocycles. The number of nitrogens with one attached hydrogen (secondary N) is 1. The van der Waals surface area contributed by atoms with E-state index in [4.69, 9.17) is 10.2 Å². The number of unbranched alkanes of at least 4 members (excludes halogenated alkanes) is 1. The number of aliphatic imine (C=N–C) groups is 1. The minimum atomic E-state index is -0.210. The maximum atomic E-state index is 10.1. The van der Waals surface area contributed by atoms with Crippen molar-refractivity contribution in [2.45, 2.75) is 58.9 Å². The minimum absolute atomic E-state index is 0.210. The third kappa shape index (κ3) is 15.2. The van der Waals surface area contributed by atoms with E-state index in [0.717, 1.165) is 24.8 Å². The number of nitrogens with zero attached hydrogens (tertiary/aromatic N) is 1. The summed E-state index contributed by atoms with van der Waals surface area (Å²) in [6, 6.07) is 0. The van der Waals surface area contributed by atoms with Gasteiger partial charge in [0.25, 0.3) is 0 Å². The minimum Gasteiger partial charge on any atom is -0.222 e. The lowest BCUT2D eigenvalue weighted by Gasteiger charge is -2.16. The molecule has 0 heterocycles. The van der Waals surface area contributed by atoms with Crippen molar-refractivity contribution in [2.75, 3.05) is 0 Å². The molecule has 0 spiro atoms. The van der Waals surface area contributed by atoms with Gasteiger partial charge in [0.05, 0.1) is 5.54 Å². The molecule has 16 heavy (non-hydrogen) atoms. The summed E-state index contributed by atoms with van der Waals surface area (Å²) in [5.74, 6) is 0.776. The van der Waals surface area contributed by atoms with Crippen LogP contribution in [0.4, 0.5) is 0 Å². The summed E-state index contributed by atoms with van der Waals surface area (Å²) in [7, 11) is 0. The molecule has 0 saturated carbocycles. The highest BCUT2D eigenvalue weighted by Crippen LogP contribution is 2.18. The zero-order chi connectivity index (χ0) is 13.0. The van der Waals surface area contributed by atoms with Crippen LogP contribution in [0.1, 0.15) is 53.4 Å². The molecule has 0 unspecified atom stereocenters. The molecule has 0 aromatic heterocycles. The Hall–Kier alpha value is -1.24. The number of hydrogen-bond donors (Lipinski definition) is 1. The first-order valence-electron chi connectivity index (χ1n) is 5.52. The molecule has 0 aliphatic rings. The van der Waals surface area contributed by atoms with Crippen LogP contribution >= 0.6 is 0 Å². The SMILES string of the molecule is CC(C)CCCCC(C)(C)N=C=O.N=C=O. The summed E-state index contributed by atoms with van der Waals surface area (Å²) in [5, 5.41) is 5.40. The van der Waals surface area contributed by atoms with E-state index in [-0.39, 0.29) is 5.54 Å². The van der Waals surface area contributed by atoms with Gasteiger partial charge in [0, 0.05) is 0 Å². The van der Waals surface area contributed by atoms with Crippen molar-refractivity contribution in [3.8, 4) is 0 Å². The van der Waals surface area contributed by atoms with Gasteiger partial charge in [0.1, 0.15) is 0 Å². The van der Waals surface area contributed by atoms with Crippen molar-refractivity contribution in [2.24, 2.45) is 10.9 Å². The van der Waals surface area contributed by atoms with Crippen LogP contribution < -0.4 is 0 Å². The monoisotopic (exact) mass is 226 g/mol. The zero-order valence-corrected chi connectivity index (χ0v) is 10.7. The van der Waals surface area contributed by atoms with E-state index in [2.05, 4.69) is 18.8 Å². The van der Waals surface area contributed by atoms with E-state index in [1.165, 1.54) is 12.8 Å². The van der Waals surface area contributed by atoms with Crippen molar-refractivity contribution in [3.63, 3.8) is 0 Å². The number of carbonyl (C=O) groups excluding carboxylic acids is 2. The normalized spacial score (nSPS) is 9.81. The van der Waals surface area contributed by atoms with Gasteiger partial charge in [-0.05, 0) is 26.2 Å². The predicted octanol–water partition coefficient (Wildman–Crippen LogP) is 3.22. The van der Waals surface area contributed by atoms with Crippen LogP contribution in [-0.2, 0) is 9.59 Å². The van der Waals surface area contributed by atoms with Crippen molar-refractivity contribution >= 4 is 12.2 Å². The fourth-order valence-electron chi connectivity index (χ4n) is 1.29. The highest BCUT2D eigenvalue weighted by molar-refractivity contribution is 5.34. The molecule has 0 atom stereocenters. The molecule has 0 rings (SSSR count). The molecule has 0 aliphatic heterocycles. The fraction of sp³-hybridized carbons (Fsp3) is 0.833. The Labute approximate surface area is 97.7 Å². The molecule has 0 aromatic rings. The number of rotatable bonds is 6. The molecule has 92 valence electrons. The summed E-state index contributed by atoms with van der Waals surface area (Å²) in [4.78, 5) is 22.2. The van der Waals surface area contributed by atoms with Gasteiger partial charge in [0.15, 0.2) is 0 Å². The Morgan fingerprint density at radius 1 is 1.25 bits per heavy atom. The summed E-state index contributed by atoms with van der Waals surface area (Å²) in [6.45, 7) is 8.42. The average molecular weight is 226 g/mol. The van der Waals surface area contributed by atoms with Gasteiger partial charge in [-0.3, -0.25) is 0 Å². The van der Waals surface area contributed by atoms with Crippen molar-refractivity contribution in [1.29, 1.82) is 5.41 Å². The molecular formula is C12H22N2O2. The molecule has 0 radical (unpaired) electrons. The molecule has 4 nitrogen and oxygen atoms in total. The molecule has 0 bridgehead atoms. The van der Waals surface area contributed by atoms with E-state index >= 15 is 0 Å². The lowest BCUT2D eigenvalue weighted by molar-refractivity contribution is 0.427. The highest BCUT2D eigenvalue weighted by Gasteiger charge is 2.14. The second kappa shape index (κ2) is 10.3. The first-order valence-corrected chi connectivity index (χ1v) is 5.52. The zero-order valence-electron chi connectivity index (χ0n) is 10.7. The van der Waals surface area contributed by atoms with E-state index in [0.29, 0.717) is 0 Å². The van der Waals surface area contributed by atoms with Gasteiger partial charge in [-0.15, -0.1) is 0 Å². The van der Waals surface area contributed by atoms with E-state index < -0.39 is 0 Å². The Morgan fingerprint density at radius 2 is 1.75 bits per heavy atom. The summed E-state index contributed by atoms with van der Waals surface area (Å²) in [6.07, 6.45) is 7.01. The summed E-state index contributed by atoms with van der Waals surface area (Å²) >= 11 is 0. The largest absolute Gasteiger partial charge is 0.235 e. The van der Waals surface area contributed by atoms with Crippen molar-refractivity contribution in [1.82, 2.24) is 0 Å². The number of hydrogen-bond acceptors (Lipinski definition) is 4. The quantitative estimate of drug-likeness (QED) is 0.429. The Balaban J connectivity index is 0. The summed E-state index contributed by atoms with van der Waals surface area (Å²) in [5.41, 5.74) is -0.210. The summed E-state index contributed by atoms with van der Waals surface area (Å²) < 4.78 is 0. The molecule has 0 fully saturated rings. The molecule has 4 heteroatoms. The van der Waals surface area contributed by atoms with Gasteiger partial charge >= 0.3 is 0 Å². The number of isocyanates is 2. The first kappa shape index (κ1) is 17.2. The average Bonchev–Trinajstić information content (AvgIpc) is 2.13. The van der Waals surface area contributed by atoms with Crippen molar-refractivity contribution in [3.05, 3.63) is 0 Å².